The fourth-order valence-electron chi connectivity index (χ4n) is 3.06. The summed E-state index contributed by atoms with van der Waals surface area (Å²) >= 11 is 0. The fourth-order valence-corrected chi connectivity index (χ4v) is 3.06. The van der Waals surface area contributed by atoms with E-state index in [1.54, 1.807) is 7.05 Å². The Labute approximate surface area is 122 Å². The SMILES string of the molecule is CN(C(=O)c1cncc(F)c1)C1(CC(=O)O)CCCCC1. The van der Waals surface area contributed by atoms with Gasteiger partial charge in [-0.05, 0) is 18.9 Å². The largest absolute Gasteiger partial charge is 0.481 e. The van der Waals surface area contributed by atoms with Crippen molar-refractivity contribution < 1.29 is 19.1 Å². The minimum absolute atomic E-state index is 0.0853. The van der Waals surface area contributed by atoms with Crippen molar-refractivity contribution >= 4 is 11.9 Å². The number of carboxylic acids is 1. The zero-order valence-electron chi connectivity index (χ0n) is 12.0. The standard InChI is InChI=1S/C15H19FN2O3/c1-18(14(21)11-7-12(16)10-17-9-11)15(8-13(19)20)5-3-2-4-6-15/h7,9-10H,2-6,8H2,1H3,(H,19,20). The van der Waals surface area contributed by atoms with Crippen molar-refractivity contribution in [1.29, 1.82) is 0 Å². The second-order valence-corrected chi connectivity index (χ2v) is 5.61. The van der Waals surface area contributed by atoms with E-state index in [-0.39, 0.29) is 17.9 Å². The van der Waals surface area contributed by atoms with Gasteiger partial charge in [-0.1, -0.05) is 19.3 Å². The van der Waals surface area contributed by atoms with Gasteiger partial charge < -0.3 is 10.0 Å². The van der Waals surface area contributed by atoms with Crippen LogP contribution in [0.5, 0.6) is 0 Å². The Kier molecular flexibility index (Phi) is 4.55. The normalized spacial score (nSPS) is 17.2. The summed E-state index contributed by atoms with van der Waals surface area (Å²) in [6.07, 6.45) is 6.40. The molecule has 0 atom stereocenters. The Balaban J connectivity index is 2.27. The molecular formula is C15H19FN2O3. The van der Waals surface area contributed by atoms with Crippen molar-refractivity contribution in [2.45, 2.75) is 44.1 Å². The topological polar surface area (TPSA) is 70.5 Å². The number of pyridine rings is 1. The summed E-state index contributed by atoms with van der Waals surface area (Å²) in [6, 6.07) is 1.13. The average molecular weight is 294 g/mol. The van der Waals surface area contributed by atoms with Crippen LogP contribution in [-0.2, 0) is 4.79 Å². The van der Waals surface area contributed by atoms with Crippen LogP contribution in [0.1, 0.15) is 48.9 Å². The molecule has 1 aliphatic carbocycles. The molecular weight excluding hydrogens is 275 g/mol. The first-order valence-electron chi connectivity index (χ1n) is 7.05. The smallest absolute Gasteiger partial charge is 0.305 e. The Morgan fingerprint density at radius 3 is 2.57 bits per heavy atom. The zero-order chi connectivity index (χ0) is 15.5. The highest BCUT2D eigenvalue weighted by atomic mass is 19.1. The first-order chi connectivity index (χ1) is 9.94. The van der Waals surface area contributed by atoms with E-state index in [2.05, 4.69) is 4.98 Å². The van der Waals surface area contributed by atoms with Crippen molar-refractivity contribution in [1.82, 2.24) is 9.88 Å². The molecule has 6 heteroatoms. The van der Waals surface area contributed by atoms with Gasteiger partial charge in [0.15, 0.2) is 0 Å². The molecule has 0 unspecified atom stereocenters. The van der Waals surface area contributed by atoms with Gasteiger partial charge in [-0.3, -0.25) is 14.6 Å². The highest BCUT2D eigenvalue weighted by Gasteiger charge is 2.40. The lowest BCUT2D eigenvalue weighted by Crippen LogP contribution is -2.52. The third-order valence-electron chi connectivity index (χ3n) is 4.23. The molecule has 21 heavy (non-hydrogen) atoms. The van der Waals surface area contributed by atoms with Gasteiger partial charge in [0.25, 0.3) is 5.91 Å². The number of amides is 1. The van der Waals surface area contributed by atoms with Crippen LogP contribution in [0.2, 0.25) is 0 Å². The van der Waals surface area contributed by atoms with Crippen LogP contribution in [0.15, 0.2) is 18.5 Å². The molecule has 0 saturated heterocycles. The fraction of sp³-hybridized carbons (Fsp3) is 0.533. The second kappa shape index (κ2) is 6.20. The van der Waals surface area contributed by atoms with Gasteiger partial charge in [0.1, 0.15) is 5.82 Å². The van der Waals surface area contributed by atoms with Crippen LogP contribution in [0.3, 0.4) is 0 Å². The summed E-state index contributed by atoms with van der Waals surface area (Å²) < 4.78 is 13.2. The first-order valence-corrected chi connectivity index (χ1v) is 7.05. The lowest BCUT2D eigenvalue weighted by Gasteiger charge is -2.43. The van der Waals surface area contributed by atoms with Crippen LogP contribution >= 0.6 is 0 Å². The number of carbonyl (C=O) groups excluding carboxylic acids is 1. The number of carbonyl (C=O) groups is 2. The first kappa shape index (κ1) is 15.4. The number of rotatable bonds is 4. The van der Waals surface area contributed by atoms with E-state index in [0.29, 0.717) is 12.8 Å². The molecule has 0 bridgehead atoms. The van der Waals surface area contributed by atoms with Crippen molar-refractivity contribution in [3.63, 3.8) is 0 Å². The zero-order valence-corrected chi connectivity index (χ0v) is 12.0. The van der Waals surface area contributed by atoms with E-state index in [1.165, 1.54) is 11.1 Å². The maximum atomic E-state index is 13.2. The maximum Gasteiger partial charge on any atom is 0.305 e. The van der Waals surface area contributed by atoms with E-state index in [9.17, 15) is 14.0 Å². The minimum Gasteiger partial charge on any atom is -0.481 e. The molecule has 2 rings (SSSR count). The number of carboxylic acid groups (broad SMARTS) is 1. The molecule has 1 aromatic heterocycles. The highest BCUT2D eigenvalue weighted by Crippen LogP contribution is 2.36. The van der Waals surface area contributed by atoms with Crippen LogP contribution in [0.25, 0.3) is 0 Å². The molecule has 1 saturated carbocycles. The van der Waals surface area contributed by atoms with Crippen LogP contribution in [-0.4, -0.2) is 39.5 Å². The second-order valence-electron chi connectivity index (χ2n) is 5.61. The van der Waals surface area contributed by atoms with Gasteiger partial charge in [0, 0.05) is 13.2 Å². The van der Waals surface area contributed by atoms with Crippen molar-refractivity contribution in [3.8, 4) is 0 Å². The summed E-state index contributed by atoms with van der Waals surface area (Å²) in [5.41, 5.74) is -0.541. The molecule has 0 radical (unpaired) electrons. The molecule has 1 heterocycles. The number of aliphatic carboxylic acids is 1. The van der Waals surface area contributed by atoms with E-state index in [1.807, 2.05) is 0 Å². The molecule has 1 amide bonds. The van der Waals surface area contributed by atoms with Gasteiger partial charge in [-0.25, -0.2) is 4.39 Å². The predicted molar refractivity (Wildman–Crippen MR) is 74.4 cm³/mol. The number of nitrogens with zero attached hydrogens (tertiary/aromatic N) is 2. The quantitative estimate of drug-likeness (QED) is 0.926. The lowest BCUT2D eigenvalue weighted by atomic mass is 9.78. The Hall–Kier alpha value is -1.98. The van der Waals surface area contributed by atoms with Crippen molar-refractivity contribution in [2.24, 2.45) is 0 Å². The van der Waals surface area contributed by atoms with Crippen molar-refractivity contribution in [2.75, 3.05) is 7.05 Å². The maximum absolute atomic E-state index is 13.2. The molecule has 114 valence electrons. The third kappa shape index (κ3) is 3.37. The van der Waals surface area contributed by atoms with E-state index in [4.69, 9.17) is 5.11 Å². The number of aromatic nitrogens is 1. The Bertz CT molecular complexity index is 541. The molecule has 5 nitrogen and oxygen atoms in total. The molecule has 0 spiro atoms. The minimum atomic E-state index is -0.922. The van der Waals surface area contributed by atoms with Gasteiger partial charge in [-0.2, -0.15) is 0 Å². The summed E-state index contributed by atoms with van der Waals surface area (Å²) in [7, 11) is 1.60. The molecule has 1 fully saturated rings. The number of hydrogen-bond donors (Lipinski definition) is 1. The van der Waals surface area contributed by atoms with Crippen LogP contribution in [0.4, 0.5) is 4.39 Å². The summed E-state index contributed by atoms with van der Waals surface area (Å²) in [5.74, 6) is -1.88. The average Bonchev–Trinajstić information content (AvgIpc) is 2.46. The lowest BCUT2D eigenvalue weighted by molar-refractivity contribution is -0.140. The monoisotopic (exact) mass is 294 g/mol. The van der Waals surface area contributed by atoms with Gasteiger partial charge >= 0.3 is 5.97 Å². The van der Waals surface area contributed by atoms with Crippen molar-refractivity contribution in [3.05, 3.63) is 29.8 Å². The number of hydrogen-bond acceptors (Lipinski definition) is 3. The molecule has 1 aromatic rings. The van der Waals surface area contributed by atoms with E-state index in [0.717, 1.165) is 31.5 Å². The third-order valence-corrected chi connectivity index (χ3v) is 4.23. The predicted octanol–water partition coefficient (Wildman–Crippen LogP) is 2.47. The van der Waals surface area contributed by atoms with Crippen LogP contribution < -0.4 is 0 Å². The molecule has 1 aliphatic rings. The van der Waals surface area contributed by atoms with E-state index >= 15 is 0 Å². The summed E-state index contributed by atoms with van der Waals surface area (Å²) in [4.78, 5) is 28.8. The Morgan fingerprint density at radius 2 is 2.00 bits per heavy atom. The highest BCUT2D eigenvalue weighted by molar-refractivity contribution is 5.94. The van der Waals surface area contributed by atoms with Crippen LogP contribution in [0, 0.1) is 5.82 Å². The van der Waals surface area contributed by atoms with E-state index < -0.39 is 17.3 Å². The molecule has 1 N–H and O–H groups in total. The van der Waals surface area contributed by atoms with Gasteiger partial charge in [-0.15, -0.1) is 0 Å². The molecule has 0 aromatic carbocycles. The molecule has 0 aliphatic heterocycles. The van der Waals surface area contributed by atoms with Gasteiger partial charge in [0.2, 0.25) is 0 Å². The van der Waals surface area contributed by atoms with Gasteiger partial charge in [0.05, 0.1) is 23.7 Å². The Morgan fingerprint density at radius 1 is 1.33 bits per heavy atom. The number of halogens is 1. The summed E-state index contributed by atoms with van der Waals surface area (Å²) in [5, 5.41) is 9.17. The summed E-state index contributed by atoms with van der Waals surface area (Å²) in [6.45, 7) is 0.